The Morgan fingerprint density at radius 2 is 2.36 bits per heavy atom. The first-order valence-electron chi connectivity index (χ1n) is 4.46. The van der Waals surface area contributed by atoms with Crippen LogP contribution in [0.2, 0.25) is 0 Å². The number of benzene rings is 1. The smallest absolute Gasteiger partial charge is 0.217 e. The molecule has 1 aromatic carbocycles. The second kappa shape index (κ2) is 3.21. The SMILES string of the molecule is CC(=O)NCc1cccc2c1on2C. The summed E-state index contributed by atoms with van der Waals surface area (Å²) in [5.41, 5.74) is 2.94. The normalized spacial score (nSPS) is 10.7. The minimum absolute atomic E-state index is 0.0321. The van der Waals surface area contributed by atoms with E-state index in [1.54, 1.807) is 4.74 Å². The van der Waals surface area contributed by atoms with Gasteiger partial charge in [0, 0.05) is 26.1 Å². The van der Waals surface area contributed by atoms with Crippen LogP contribution in [0.1, 0.15) is 12.5 Å². The number of amides is 1. The van der Waals surface area contributed by atoms with E-state index in [1.807, 2.05) is 25.2 Å². The second-order valence-electron chi connectivity index (χ2n) is 3.26. The van der Waals surface area contributed by atoms with Gasteiger partial charge in [0.15, 0.2) is 5.58 Å². The molecule has 0 bridgehead atoms. The average Bonchev–Trinajstić information content (AvgIpc) is 2.14. The van der Waals surface area contributed by atoms with Crippen molar-refractivity contribution in [1.29, 1.82) is 0 Å². The Balaban J connectivity index is 2.25. The lowest BCUT2D eigenvalue weighted by Gasteiger charge is -2.12. The lowest BCUT2D eigenvalue weighted by molar-refractivity contribution is -0.119. The summed E-state index contributed by atoms with van der Waals surface area (Å²) < 4.78 is 7.03. The molecule has 0 aliphatic heterocycles. The highest BCUT2D eigenvalue weighted by atomic mass is 16.5. The van der Waals surface area contributed by atoms with Crippen LogP contribution in [0.25, 0.3) is 11.1 Å². The van der Waals surface area contributed by atoms with Crippen LogP contribution < -0.4 is 5.32 Å². The number of carbonyl (C=O) groups is 1. The first-order chi connectivity index (χ1) is 6.68. The maximum absolute atomic E-state index is 10.7. The average molecular weight is 192 g/mol. The molecule has 0 fully saturated rings. The molecule has 14 heavy (non-hydrogen) atoms. The summed E-state index contributed by atoms with van der Waals surface area (Å²) in [5.74, 6) is -0.0321. The van der Waals surface area contributed by atoms with Crippen LogP contribution in [-0.2, 0) is 18.4 Å². The van der Waals surface area contributed by atoms with E-state index in [1.165, 1.54) is 6.92 Å². The zero-order valence-corrected chi connectivity index (χ0v) is 8.20. The van der Waals surface area contributed by atoms with E-state index >= 15 is 0 Å². The van der Waals surface area contributed by atoms with Crippen molar-refractivity contribution in [3.63, 3.8) is 0 Å². The minimum Gasteiger partial charge on any atom is -0.377 e. The van der Waals surface area contributed by atoms with Gasteiger partial charge in [-0.2, -0.15) is 0 Å². The fourth-order valence-electron chi connectivity index (χ4n) is 1.43. The number of aryl methyl sites for hydroxylation is 1. The largest absolute Gasteiger partial charge is 0.377 e. The highest BCUT2D eigenvalue weighted by molar-refractivity contribution is 5.79. The van der Waals surface area contributed by atoms with Crippen molar-refractivity contribution in [3.05, 3.63) is 23.8 Å². The molecular formula is C10H12N2O2. The van der Waals surface area contributed by atoms with Crippen LogP contribution in [0.4, 0.5) is 0 Å². The molecular weight excluding hydrogens is 180 g/mol. The number of para-hydroxylation sites is 1. The first kappa shape index (κ1) is 8.87. The van der Waals surface area contributed by atoms with Crippen molar-refractivity contribution in [1.82, 2.24) is 10.1 Å². The van der Waals surface area contributed by atoms with Gasteiger partial charge in [-0.3, -0.25) is 4.79 Å². The predicted molar refractivity (Wildman–Crippen MR) is 52.7 cm³/mol. The molecule has 0 aliphatic carbocycles. The number of rotatable bonds is 2. The summed E-state index contributed by atoms with van der Waals surface area (Å²) >= 11 is 0. The quantitative estimate of drug-likeness (QED) is 0.782. The molecule has 4 nitrogen and oxygen atoms in total. The monoisotopic (exact) mass is 192 g/mol. The number of hydrogen-bond acceptors (Lipinski definition) is 2. The van der Waals surface area contributed by atoms with Crippen molar-refractivity contribution in [2.75, 3.05) is 0 Å². The topological polar surface area (TPSA) is 47.2 Å². The van der Waals surface area contributed by atoms with Crippen molar-refractivity contribution in [2.45, 2.75) is 13.5 Å². The third-order valence-electron chi connectivity index (χ3n) is 2.17. The van der Waals surface area contributed by atoms with Gasteiger partial charge in [0.1, 0.15) is 5.52 Å². The van der Waals surface area contributed by atoms with Gasteiger partial charge in [0.05, 0.1) is 0 Å². The van der Waals surface area contributed by atoms with Gasteiger partial charge in [-0.15, -0.1) is 0 Å². The zero-order chi connectivity index (χ0) is 10.1. The molecule has 1 amide bonds. The van der Waals surface area contributed by atoms with Gasteiger partial charge in [-0.25, -0.2) is 4.74 Å². The zero-order valence-electron chi connectivity index (χ0n) is 8.20. The standard InChI is InChI=1S/C10H12N2O2/c1-7(13)11-6-8-4-3-5-9-10(8)14-12(9)2/h3-5H,6H2,1-2H3,(H,11,13). The first-order valence-corrected chi connectivity index (χ1v) is 4.46. The van der Waals surface area contributed by atoms with Gasteiger partial charge in [-0.05, 0) is 6.07 Å². The van der Waals surface area contributed by atoms with Gasteiger partial charge < -0.3 is 9.84 Å². The number of carbonyl (C=O) groups excluding carboxylic acids is 1. The number of nitrogens with one attached hydrogen (secondary N) is 1. The maximum atomic E-state index is 10.7. The lowest BCUT2D eigenvalue weighted by atomic mass is 10.2. The molecule has 0 unspecified atom stereocenters. The van der Waals surface area contributed by atoms with E-state index in [0.29, 0.717) is 6.54 Å². The fourth-order valence-corrected chi connectivity index (χ4v) is 1.43. The van der Waals surface area contributed by atoms with Crippen LogP contribution in [0.3, 0.4) is 0 Å². The van der Waals surface area contributed by atoms with Crippen molar-refractivity contribution < 1.29 is 9.32 Å². The van der Waals surface area contributed by atoms with Gasteiger partial charge >= 0.3 is 0 Å². The van der Waals surface area contributed by atoms with E-state index in [9.17, 15) is 4.79 Å². The number of nitrogens with zero attached hydrogens (tertiary/aromatic N) is 1. The van der Waals surface area contributed by atoms with E-state index in [-0.39, 0.29) is 5.91 Å². The highest BCUT2D eigenvalue weighted by Crippen LogP contribution is 2.21. The molecule has 0 aliphatic rings. The molecule has 0 atom stereocenters. The lowest BCUT2D eigenvalue weighted by Crippen LogP contribution is -2.19. The third-order valence-corrected chi connectivity index (χ3v) is 2.17. The maximum Gasteiger partial charge on any atom is 0.217 e. The van der Waals surface area contributed by atoms with Crippen molar-refractivity contribution in [3.8, 4) is 0 Å². The molecule has 0 saturated carbocycles. The van der Waals surface area contributed by atoms with E-state index in [4.69, 9.17) is 4.52 Å². The molecule has 0 saturated heterocycles. The number of fused-ring (bicyclic) bond motifs is 1. The van der Waals surface area contributed by atoms with Crippen LogP contribution >= 0.6 is 0 Å². The van der Waals surface area contributed by atoms with Crippen LogP contribution in [0, 0.1) is 0 Å². The van der Waals surface area contributed by atoms with Gasteiger partial charge in [0.2, 0.25) is 5.91 Å². The Bertz CT molecular complexity index is 467. The Hall–Kier alpha value is -1.71. The molecule has 0 spiro atoms. The Morgan fingerprint density at radius 3 is 3.00 bits per heavy atom. The fraction of sp³-hybridized carbons (Fsp3) is 0.300. The summed E-state index contributed by atoms with van der Waals surface area (Å²) in [4.78, 5) is 10.7. The second-order valence-corrected chi connectivity index (χ2v) is 3.26. The molecule has 0 radical (unpaired) electrons. The van der Waals surface area contributed by atoms with Crippen molar-refractivity contribution >= 4 is 17.0 Å². The summed E-state index contributed by atoms with van der Waals surface area (Å²) in [6, 6.07) is 5.88. The molecule has 2 rings (SSSR count). The van der Waals surface area contributed by atoms with Crippen LogP contribution in [-0.4, -0.2) is 10.6 Å². The molecule has 1 heterocycles. The molecule has 1 aromatic heterocycles. The summed E-state index contributed by atoms with van der Waals surface area (Å²) in [5, 5.41) is 2.74. The number of hydrogen-bond donors (Lipinski definition) is 1. The molecule has 4 heteroatoms. The van der Waals surface area contributed by atoms with Gasteiger partial charge in [0.25, 0.3) is 0 Å². The van der Waals surface area contributed by atoms with Crippen LogP contribution in [0.15, 0.2) is 22.7 Å². The third kappa shape index (κ3) is 1.39. The summed E-state index contributed by atoms with van der Waals surface area (Å²) in [7, 11) is 1.85. The molecule has 1 N–H and O–H groups in total. The van der Waals surface area contributed by atoms with E-state index in [2.05, 4.69) is 5.32 Å². The van der Waals surface area contributed by atoms with E-state index in [0.717, 1.165) is 16.7 Å². The molecule has 74 valence electrons. The number of aromatic nitrogens is 1. The Morgan fingerprint density at radius 1 is 1.57 bits per heavy atom. The van der Waals surface area contributed by atoms with Gasteiger partial charge in [-0.1, -0.05) is 12.1 Å². The van der Waals surface area contributed by atoms with E-state index < -0.39 is 0 Å². The molecule has 2 aromatic rings. The Labute approximate surface area is 81.4 Å². The predicted octanol–water partition coefficient (Wildman–Crippen LogP) is 1.41. The highest BCUT2D eigenvalue weighted by Gasteiger charge is 2.09. The summed E-state index contributed by atoms with van der Waals surface area (Å²) in [6.45, 7) is 2.02. The van der Waals surface area contributed by atoms with Crippen molar-refractivity contribution in [2.24, 2.45) is 7.05 Å². The minimum atomic E-state index is -0.0321. The Kier molecular flexibility index (Phi) is 2.04. The van der Waals surface area contributed by atoms with Crippen LogP contribution in [0.5, 0.6) is 0 Å². The summed E-state index contributed by atoms with van der Waals surface area (Å²) in [6.07, 6.45) is 0.